The molecule has 1 aliphatic heterocycles. The molecule has 1 heterocycles. The lowest BCUT2D eigenvalue weighted by atomic mass is 10.0. The Hall–Kier alpha value is -1.62. The molecule has 1 aliphatic rings. The first kappa shape index (κ1) is 13.8. The molecule has 0 aromatic heterocycles. The second-order valence-corrected chi connectivity index (χ2v) is 4.52. The van der Waals surface area contributed by atoms with Crippen molar-refractivity contribution in [2.75, 3.05) is 41.0 Å². The molecule has 106 valence electrons. The molecule has 0 aliphatic carbocycles. The molecule has 1 saturated heterocycles. The highest BCUT2D eigenvalue weighted by molar-refractivity contribution is 5.55. The van der Waals surface area contributed by atoms with E-state index in [0.717, 1.165) is 31.2 Å². The van der Waals surface area contributed by atoms with Crippen molar-refractivity contribution in [2.24, 2.45) is 5.92 Å². The summed E-state index contributed by atoms with van der Waals surface area (Å²) in [5, 5.41) is 3.25. The van der Waals surface area contributed by atoms with Gasteiger partial charge in [0, 0.05) is 12.1 Å². The van der Waals surface area contributed by atoms with Crippen LogP contribution in [0.1, 0.15) is 6.42 Å². The highest BCUT2D eigenvalue weighted by Gasteiger charge is 2.17. The molecule has 2 rings (SSSR count). The summed E-state index contributed by atoms with van der Waals surface area (Å²) < 4.78 is 21.6. The summed E-state index contributed by atoms with van der Waals surface area (Å²) in [4.78, 5) is 0. The molecular weight excluding hydrogens is 246 g/mol. The Kier molecular flexibility index (Phi) is 4.74. The molecule has 0 unspecified atom stereocenters. The van der Waals surface area contributed by atoms with Gasteiger partial charge in [-0.25, -0.2) is 0 Å². The van der Waals surface area contributed by atoms with Gasteiger partial charge >= 0.3 is 0 Å². The SMILES string of the molecule is COc1cc(OCCC2CNC2)cc(OC)c1OC. The average Bonchev–Trinajstić information content (AvgIpc) is 2.40. The smallest absolute Gasteiger partial charge is 0.203 e. The number of benzene rings is 1. The van der Waals surface area contributed by atoms with Crippen LogP contribution in [-0.4, -0.2) is 41.0 Å². The van der Waals surface area contributed by atoms with Crippen LogP contribution >= 0.6 is 0 Å². The highest BCUT2D eigenvalue weighted by atomic mass is 16.5. The molecule has 0 radical (unpaired) electrons. The largest absolute Gasteiger partial charge is 0.493 e. The zero-order valence-corrected chi connectivity index (χ0v) is 11.7. The first-order chi connectivity index (χ1) is 9.28. The molecule has 0 atom stereocenters. The van der Waals surface area contributed by atoms with E-state index >= 15 is 0 Å². The summed E-state index contributed by atoms with van der Waals surface area (Å²) in [6, 6.07) is 3.64. The van der Waals surface area contributed by atoms with Gasteiger partial charge in [-0.3, -0.25) is 0 Å². The number of hydrogen-bond donors (Lipinski definition) is 1. The fraction of sp³-hybridized carbons (Fsp3) is 0.571. The minimum Gasteiger partial charge on any atom is -0.493 e. The van der Waals surface area contributed by atoms with Crippen LogP contribution in [-0.2, 0) is 0 Å². The van der Waals surface area contributed by atoms with Crippen molar-refractivity contribution in [3.8, 4) is 23.0 Å². The quantitative estimate of drug-likeness (QED) is 0.815. The van der Waals surface area contributed by atoms with Crippen molar-refractivity contribution < 1.29 is 18.9 Å². The number of ether oxygens (including phenoxy) is 4. The maximum absolute atomic E-state index is 5.75. The van der Waals surface area contributed by atoms with E-state index in [4.69, 9.17) is 18.9 Å². The Morgan fingerprint density at radius 3 is 2.11 bits per heavy atom. The summed E-state index contributed by atoms with van der Waals surface area (Å²) >= 11 is 0. The van der Waals surface area contributed by atoms with Crippen molar-refractivity contribution >= 4 is 0 Å². The normalized spacial score (nSPS) is 14.7. The van der Waals surface area contributed by atoms with Gasteiger partial charge in [0.2, 0.25) is 5.75 Å². The summed E-state index contributed by atoms with van der Waals surface area (Å²) in [5.41, 5.74) is 0. The molecule has 1 N–H and O–H groups in total. The molecule has 0 saturated carbocycles. The predicted octanol–water partition coefficient (Wildman–Crippen LogP) is 1.70. The third kappa shape index (κ3) is 3.23. The lowest BCUT2D eigenvalue weighted by Gasteiger charge is -2.26. The minimum atomic E-state index is 0.584. The first-order valence-corrected chi connectivity index (χ1v) is 6.42. The predicted molar refractivity (Wildman–Crippen MR) is 72.6 cm³/mol. The lowest BCUT2D eigenvalue weighted by molar-refractivity contribution is 0.236. The van der Waals surface area contributed by atoms with Crippen LogP contribution in [0, 0.1) is 5.92 Å². The van der Waals surface area contributed by atoms with E-state index in [0.29, 0.717) is 23.9 Å². The van der Waals surface area contributed by atoms with Gasteiger partial charge in [-0.2, -0.15) is 0 Å². The van der Waals surface area contributed by atoms with E-state index in [-0.39, 0.29) is 0 Å². The van der Waals surface area contributed by atoms with Crippen molar-refractivity contribution in [1.29, 1.82) is 0 Å². The topological polar surface area (TPSA) is 49.0 Å². The molecular formula is C14H21NO4. The van der Waals surface area contributed by atoms with Gasteiger partial charge in [-0.1, -0.05) is 0 Å². The highest BCUT2D eigenvalue weighted by Crippen LogP contribution is 2.40. The summed E-state index contributed by atoms with van der Waals surface area (Å²) in [6.45, 7) is 2.89. The van der Waals surface area contributed by atoms with Crippen molar-refractivity contribution in [1.82, 2.24) is 5.32 Å². The summed E-state index contributed by atoms with van der Waals surface area (Å²) in [5.74, 6) is 3.29. The molecule has 0 amide bonds. The molecule has 0 bridgehead atoms. The molecule has 1 fully saturated rings. The zero-order chi connectivity index (χ0) is 13.7. The second-order valence-electron chi connectivity index (χ2n) is 4.52. The van der Waals surface area contributed by atoms with Crippen LogP contribution in [0.3, 0.4) is 0 Å². The van der Waals surface area contributed by atoms with Gasteiger partial charge in [0.25, 0.3) is 0 Å². The van der Waals surface area contributed by atoms with Gasteiger partial charge in [-0.15, -0.1) is 0 Å². The van der Waals surface area contributed by atoms with Gasteiger partial charge in [0.05, 0.1) is 27.9 Å². The van der Waals surface area contributed by atoms with Crippen LogP contribution in [0.15, 0.2) is 12.1 Å². The van der Waals surface area contributed by atoms with Crippen LogP contribution < -0.4 is 24.3 Å². The van der Waals surface area contributed by atoms with Gasteiger partial charge in [-0.05, 0) is 25.4 Å². The number of hydrogen-bond acceptors (Lipinski definition) is 5. The van der Waals surface area contributed by atoms with Crippen molar-refractivity contribution in [3.05, 3.63) is 12.1 Å². The van der Waals surface area contributed by atoms with Crippen molar-refractivity contribution in [2.45, 2.75) is 6.42 Å². The van der Waals surface area contributed by atoms with E-state index in [1.807, 2.05) is 12.1 Å². The zero-order valence-electron chi connectivity index (χ0n) is 11.7. The Labute approximate surface area is 113 Å². The van der Waals surface area contributed by atoms with Crippen LogP contribution in [0.4, 0.5) is 0 Å². The lowest BCUT2D eigenvalue weighted by Crippen LogP contribution is -2.42. The van der Waals surface area contributed by atoms with Gasteiger partial charge in [0.1, 0.15) is 5.75 Å². The number of methoxy groups -OCH3 is 3. The van der Waals surface area contributed by atoms with E-state index < -0.39 is 0 Å². The fourth-order valence-electron chi connectivity index (χ4n) is 2.04. The summed E-state index contributed by atoms with van der Waals surface area (Å²) in [7, 11) is 4.78. The second kappa shape index (κ2) is 6.52. The van der Waals surface area contributed by atoms with Crippen molar-refractivity contribution in [3.63, 3.8) is 0 Å². The molecule has 19 heavy (non-hydrogen) atoms. The molecule has 1 aromatic carbocycles. The third-order valence-electron chi connectivity index (χ3n) is 3.30. The molecule has 5 heteroatoms. The Morgan fingerprint density at radius 2 is 1.68 bits per heavy atom. The first-order valence-electron chi connectivity index (χ1n) is 6.42. The molecule has 1 aromatic rings. The molecule has 0 spiro atoms. The Bertz CT molecular complexity index is 393. The maximum Gasteiger partial charge on any atom is 0.203 e. The summed E-state index contributed by atoms with van der Waals surface area (Å²) in [6.07, 6.45) is 1.06. The molecule has 5 nitrogen and oxygen atoms in total. The van der Waals surface area contributed by atoms with Gasteiger partial charge < -0.3 is 24.3 Å². The van der Waals surface area contributed by atoms with E-state index in [2.05, 4.69) is 5.32 Å². The number of nitrogens with one attached hydrogen (secondary N) is 1. The minimum absolute atomic E-state index is 0.584. The standard InChI is InChI=1S/C14H21NO4/c1-16-12-6-11(7-13(17-2)14(12)18-3)19-5-4-10-8-15-9-10/h6-7,10,15H,4-5,8-9H2,1-3H3. The van der Waals surface area contributed by atoms with Crippen LogP contribution in [0.5, 0.6) is 23.0 Å². The maximum atomic E-state index is 5.75. The van der Waals surface area contributed by atoms with E-state index in [1.54, 1.807) is 21.3 Å². The van der Waals surface area contributed by atoms with Gasteiger partial charge in [0.15, 0.2) is 11.5 Å². The monoisotopic (exact) mass is 267 g/mol. The average molecular weight is 267 g/mol. The Morgan fingerprint density at radius 1 is 1.05 bits per heavy atom. The Balaban J connectivity index is 2.02. The van der Waals surface area contributed by atoms with E-state index in [9.17, 15) is 0 Å². The van der Waals surface area contributed by atoms with Crippen LogP contribution in [0.25, 0.3) is 0 Å². The van der Waals surface area contributed by atoms with E-state index in [1.165, 1.54) is 0 Å². The fourth-order valence-corrected chi connectivity index (χ4v) is 2.04. The van der Waals surface area contributed by atoms with Crippen LogP contribution in [0.2, 0.25) is 0 Å². The number of rotatable bonds is 7. The third-order valence-corrected chi connectivity index (χ3v) is 3.30.